The van der Waals surface area contributed by atoms with E-state index in [2.05, 4.69) is 5.32 Å². The number of ether oxygens (including phenoxy) is 1. The lowest BCUT2D eigenvalue weighted by Gasteiger charge is -2.15. The number of carbonyl (C=O) groups excluding carboxylic acids is 2. The Bertz CT molecular complexity index is 937. The van der Waals surface area contributed by atoms with E-state index in [-0.39, 0.29) is 29.7 Å². The van der Waals surface area contributed by atoms with Gasteiger partial charge in [-0.15, -0.1) is 0 Å². The van der Waals surface area contributed by atoms with Crippen LogP contribution in [0.1, 0.15) is 29.3 Å². The van der Waals surface area contributed by atoms with E-state index in [1.165, 1.54) is 20.2 Å². The number of carbonyl (C=O) groups is 2. The van der Waals surface area contributed by atoms with Crippen LogP contribution in [0.3, 0.4) is 0 Å². The third-order valence-corrected chi connectivity index (χ3v) is 5.99. The summed E-state index contributed by atoms with van der Waals surface area (Å²) in [7, 11) is -0.688. The molecular weight excluding hydrogens is 380 g/mol. The highest BCUT2D eigenvalue weighted by Gasteiger charge is 2.20. The maximum absolute atomic E-state index is 12.4. The average Bonchev–Trinajstić information content (AvgIpc) is 2.70. The molecule has 2 aromatic carbocycles. The number of hydrogen-bond donors (Lipinski definition) is 1. The summed E-state index contributed by atoms with van der Waals surface area (Å²) in [5.41, 5.74) is 1.09. The molecular formula is C20H24N2O5S. The van der Waals surface area contributed by atoms with E-state index in [0.717, 1.165) is 4.31 Å². The minimum Gasteiger partial charge on any atom is -0.484 e. The van der Waals surface area contributed by atoms with Crippen LogP contribution in [0.25, 0.3) is 0 Å². The Labute approximate surface area is 165 Å². The molecule has 7 nitrogen and oxygen atoms in total. The zero-order chi connectivity index (χ0) is 20.7. The summed E-state index contributed by atoms with van der Waals surface area (Å²) in [4.78, 5) is 23.8. The number of rotatable bonds is 9. The maximum atomic E-state index is 12.4. The number of nitrogens with one attached hydrogen (secondary N) is 1. The van der Waals surface area contributed by atoms with Crippen molar-refractivity contribution in [1.82, 2.24) is 9.62 Å². The first-order valence-corrected chi connectivity index (χ1v) is 10.2. The SMILES string of the molecule is CCC(=O)c1ccc(OCC(=O)NCc2ccccc2S(=O)(=O)N(C)C)cc1. The number of amides is 1. The van der Waals surface area contributed by atoms with E-state index in [1.54, 1.807) is 49.4 Å². The van der Waals surface area contributed by atoms with Crippen molar-refractivity contribution < 1.29 is 22.7 Å². The third kappa shape index (κ3) is 5.40. The monoisotopic (exact) mass is 404 g/mol. The lowest BCUT2D eigenvalue weighted by Crippen LogP contribution is -2.30. The van der Waals surface area contributed by atoms with Gasteiger partial charge < -0.3 is 10.1 Å². The van der Waals surface area contributed by atoms with E-state index in [4.69, 9.17) is 4.74 Å². The molecule has 0 aromatic heterocycles. The van der Waals surface area contributed by atoms with Gasteiger partial charge in [-0.2, -0.15) is 0 Å². The molecule has 1 amide bonds. The van der Waals surface area contributed by atoms with E-state index in [0.29, 0.717) is 23.3 Å². The highest BCUT2D eigenvalue weighted by Crippen LogP contribution is 2.18. The molecule has 0 aliphatic rings. The summed E-state index contributed by atoms with van der Waals surface area (Å²) < 4.78 is 31.3. The number of sulfonamides is 1. The Morgan fingerprint density at radius 2 is 1.68 bits per heavy atom. The van der Waals surface area contributed by atoms with Gasteiger partial charge in [0.2, 0.25) is 10.0 Å². The van der Waals surface area contributed by atoms with Crippen LogP contribution in [0, 0.1) is 0 Å². The normalized spacial score (nSPS) is 11.3. The minimum atomic E-state index is -3.60. The van der Waals surface area contributed by atoms with Gasteiger partial charge in [-0.25, -0.2) is 12.7 Å². The van der Waals surface area contributed by atoms with Crippen molar-refractivity contribution in [3.8, 4) is 5.75 Å². The molecule has 2 aromatic rings. The summed E-state index contributed by atoms with van der Waals surface area (Å²) in [6, 6.07) is 13.1. The third-order valence-electron chi connectivity index (χ3n) is 4.07. The van der Waals surface area contributed by atoms with Crippen molar-refractivity contribution in [2.45, 2.75) is 24.8 Å². The van der Waals surface area contributed by atoms with Gasteiger partial charge in [0.15, 0.2) is 12.4 Å². The van der Waals surface area contributed by atoms with Crippen molar-refractivity contribution in [1.29, 1.82) is 0 Å². The molecule has 2 rings (SSSR count). The molecule has 150 valence electrons. The molecule has 0 saturated carbocycles. The van der Waals surface area contributed by atoms with Crippen molar-refractivity contribution in [2.75, 3.05) is 20.7 Å². The van der Waals surface area contributed by atoms with Crippen molar-refractivity contribution >= 4 is 21.7 Å². The molecule has 0 fully saturated rings. The molecule has 0 unspecified atom stereocenters. The molecule has 1 N–H and O–H groups in total. The van der Waals surface area contributed by atoms with Gasteiger partial charge in [0.1, 0.15) is 5.75 Å². The first kappa shape index (κ1) is 21.6. The van der Waals surface area contributed by atoms with Crippen molar-refractivity contribution in [3.05, 3.63) is 59.7 Å². The van der Waals surface area contributed by atoms with Crippen molar-refractivity contribution in [2.24, 2.45) is 0 Å². The van der Waals surface area contributed by atoms with Crippen molar-refractivity contribution in [3.63, 3.8) is 0 Å². The first-order valence-electron chi connectivity index (χ1n) is 8.79. The lowest BCUT2D eigenvalue weighted by atomic mass is 10.1. The van der Waals surface area contributed by atoms with Gasteiger partial charge in [-0.3, -0.25) is 9.59 Å². The predicted molar refractivity (Wildman–Crippen MR) is 106 cm³/mol. The van der Waals surface area contributed by atoms with Crippen LogP contribution < -0.4 is 10.1 Å². The summed E-state index contributed by atoms with van der Waals surface area (Å²) in [5, 5.41) is 2.66. The number of hydrogen-bond acceptors (Lipinski definition) is 5. The zero-order valence-electron chi connectivity index (χ0n) is 16.1. The molecule has 28 heavy (non-hydrogen) atoms. The maximum Gasteiger partial charge on any atom is 0.258 e. The lowest BCUT2D eigenvalue weighted by molar-refractivity contribution is -0.123. The predicted octanol–water partition coefficient (Wildman–Crippen LogP) is 2.22. The summed E-state index contributed by atoms with van der Waals surface area (Å²) in [5.74, 6) is 0.125. The topological polar surface area (TPSA) is 92.8 Å². The van der Waals surface area contributed by atoms with Crippen LogP contribution in [0.2, 0.25) is 0 Å². The first-order chi connectivity index (χ1) is 13.3. The second kappa shape index (κ2) is 9.48. The Morgan fingerprint density at radius 3 is 2.29 bits per heavy atom. The summed E-state index contributed by atoms with van der Waals surface area (Å²) in [6.07, 6.45) is 0.424. The average molecular weight is 404 g/mol. The fraction of sp³-hybridized carbons (Fsp3) is 0.300. The number of nitrogens with zero attached hydrogens (tertiary/aromatic N) is 1. The smallest absolute Gasteiger partial charge is 0.258 e. The fourth-order valence-electron chi connectivity index (χ4n) is 2.43. The Kier molecular flexibility index (Phi) is 7.31. The van der Waals surface area contributed by atoms with E-state index in [1.807, 2.05) is 0 Å². The zero-order valence-corrected chi connectivity index (χ0v) is 17.0. The van der Waals surface area contributed by atoms with Crippen LogP contribution in [0.5, 0.6) is 5.75 Å². The van der Waals surface area contributed by atoms with Gasteiger partial charge in [0, 0.05) is 32.6 Å². The Balaban J connectivity index is 1.94. The molecule has 0 spiro atoms. The molecule has 8 heteroatoms. The highest BCUT2D eigenvalue weighted by molar-refractivity contribution is 7.89. The number of ketones is 1. The van der Waals surface area contributed by atoms with Crippen LogP contribution in [-0.4, -0.2) is 45.1 Å². The van der Waals surface area contributed by atoms with Crippen LogP contribution >= 0.6 is 0 Å². The largest absolute Gasteiger partial charge is 0.484 e. The van der Waals surface area contributed by atoms with Crippen LogP contribution in [0.15, 0.2) is 53.4 Å². The molecule has 0 heterocycles. The summed E-state index contributed by atoms with van der Waals surface area (Å²) >= 11 is 0. The summed E-state index contributed by atoms with van der Waals surface area (Å²) in [6.45, 7) is 1.64. The minimum absolute atomic E-state index is 0.0376. The molecule has 0 radical (unpaired) electrons. The standard InChI is InChI=1S/C20H24N2O5S/c1-4-18(23)15-9-11-17(12-10-15)27-14-20(24)21-13-16-7-5-6-8-19(16)28(25,26)22(2)3/h5-12H,4,13-14H2,1-3H3,(H,21,24). The van der Waals surface area contributed by atoms with E-state index >= 15 is 0 Å². The highest BCUT2D eigenvalue weighted by atomic mass is 32.2. The van der Waals surface area contributed by atoms with Gasteiger partial charge in [-0.05, 0) is 35.9 Å². The van der Waals surface area contributed by atoms with E-state index < -0.39 is 10.0 Å². The quantitative estimate of drug-likeness (QED) is 0.647. The molecule has 0 saturated heterocycles. The molecule has 0 atom stereocenters. The second-order valence-corrected chi connectivity index (χ2v) is 8.38. The molecule has 0 aliphatic carbocycles. The van der Waals surface area contributed by atoms with Gasteiger partial charge in [0.25, 0.3) is 5.91 Å². The molecule has 0 bridgehead atoms. The molecule has 0 aliphatic heterocycles. The fourth-order valence-corrected chi connectivity index (χ4v) is 3.55. The van der Waals surface area contributed by atoms with E-state index in [9.17, 15) is 18.0 Å². The Hall–Kier alpha value is -2.71. The van der Waals surface area contributed by atoms with Gasteiger partial charge in [-0.1, -0.05) is 25.1 Å². The van der Waals surface area contributed by atoms with Gasteiger partial charge >= 0.3 is 0 Å². The Morgan fingerprint density at radius 1 is 1.04 bits per heavy atom. The van der Waals surface area contributed by atoms with Crippen LogP contribution in [0.4, 0.5) is 0 Å². The van der Waals surface area contributed by atoms with Gasteiger partial charge in [0.05, 0.1) is 4.90 Å². The number of benzene rings is 2. The van der Waals surface area contributed by atoms with Crippen LogP contribution in [-0.2, 0) is 21.4 Å². The second-order valence-electron chi connectivity index (χ2n) is 6.26. The number of Topliss-reactive ketones (excluding diaryl/α,β-unsaturated/α-hetero) is 1.